The summed E-state index contributed by atoms with van der Waals surface area (Å²) in [6, 6.07) is 7.37. The summed E-state index contributed by atoms with van der Waals surface area (Å²) < 4.78 is 51.9. The summed E-state index contributed by atoms with van der Waals surface area (Å²) in [5, 5.41) is -0.868. The number of hydrogen-bond donors (Lipinski definition) is 1. The molecule has 124 valence electrons. The number of hydrogen-bond acceptors (Lipinski definition) is 5. The average Bonchev–Trinajstić information content (AvgIpc) is 3.15. The van der Waals surface area contributed by atoms with E-state index < -0.39 is 25.1 Å². The predicted octanol–water partition coefficient (Wildman–Crippen LogP) is 0.479. The molecule has 0 saturated carbocycles. The van der Waals surface area contributed by atoms with Gasteiger partial charge in [0.2, 0.25) is 10.0 Å². The van der Waals surface area contributed by atoms with Gasteiger partial charge in [-0.1, -0.05) is 18.2 Å². The first-order chi connectivity index (χ1) is 10.9. The Hall–Kier alpha value is -1.71. The Morgan fingerprint density at radius 1 is 1.30 bits per heavy atom. The number of sulfonamides is 1. The highest BCUT2D eigenvalue weighted by atomic mass is 32.2. The quantitative estimate of drug-likeness (QED) is 0.841. The lowest BCUT2D eigenvalue weighted by molar-refractivity contribution is 0.567. The molecule has 1 fully saturated rings. The fraction of sp³-hybridized carbons (Fsp3) is 0.357. The third-order valence-corrected chi connectivity index (χ3v) is 7.67. The number of benzene rings is 1. The van der Waals surface area contributed by atoms with Crippen molar-refractivity contribution in [2.75, 3.05) is 11.5 Å². The van der Waals surface area contributed by atoms with Crippen molar-refractivity contribution in [1.82, 2.24) is 14.3 Å². The predicted molar refractivity (Wildman–Crippen MR) is 86.4 cm³/mol. The van der Waals surface area contributed by atoms with Crippen LogP contribution in [0.5, 0.6) is 0 Å². The van der Waals surface area contributed by atoms with Gasteiger partial charge in [-0.3, -0.25) is 0 Å². The number of aromatic nitrogens is 2. The zero-order valence-electron chi connectivity index (χ0n) is 12.3. The monoisotopic (exact) mass is 355 g/mol. The molecule has 3 rings (SSSR count). The standard InChI is InChI=1S/C14H17N3O4S2/c18-22(19)8-5-13(10-22)23(20,21)16-9-12-3-1-2-4-14(12)17-7-6-15-11-17/h1-4,6-7,11,13,16H,5,8-10H2. The minimum atomic E-state index is -3.67. The molecule has 1 unspecified atom stereocenters. The lowest BCUT2D eigenvalue weighted by atomic mass is 10.2. The number of rotatable bonds is 5. The normalized spacial score (nSPS) is 20.6. The summed E-state index contributed by atoms with van der Waals surface area (Å²) >= 11 is 0. The first kappa shape index (κ1) is 16.2. The van der Waals surface area contributed by atoms with Crippen LogP contribution in [0.1, 0.15) is 12.0 Å². The second kappa shape index (κ2) is 6.06. The molecule has 0 spiro atoms. The highest BCUT2D eigenvalue weighted by Gasteiger charge is 2.36. The Kier molecular flexibility index (Phi) is 4.26. The summed E-state index contributed by atoms with van der Waals surface area (Å²) in [5.41, 5.74) is 1.61. The van der Waals surface area contributed by atoms with Crippen LogP contribution < -0.4 is 4.72 Å². The molecule has 2 aromatic rings. The minimum absolute atomic E-state index is 0.0653. The third-order valence-electron chi connectivity index (χ3n) is 3.87. The van der Waals surface area contributed by atoms with Gasteiger partial charge in [0.15, 0.2) is 9.84 Å². The number of nitrogens with one attached hydrogen (secondary N) is 1. The summed E-state index contributed by atoms with van der Waals surface area (Å²) in [6.45, 7) is 0.104. The van der Waals surface area contributed by atoms with Gasteiger partial charge < -0.3 is 4.57 Å². The maximum atomic E-state index is 12.3. The average molecular weight is 355 g/mol. The van der Waals surface area contributed by atoms with Crippen molar-refractivity contribution in [3.63, 3.8) is 0 Å². The Morgan fingerprint density at radius 2 is 2.09 bits per heavy atom. The molecule has 1 N–H and O–H groups in total. The van der Waals surface area contributed by atoms with E-state index in [0.29, 0.717) is 0 Å². The SMILES string of the molecule is O=S1(=O)CCC(S(=O)(=O)NCc2ccccc2-n2ccnc2)C1. The Bertz CT molecular complexity index is 890. The molecular formula is C14H17N3O4S2. The Balaban J connectivity index is 1.77. The first-order valence-electron chi connectivity index (χ1n) is 7.12. The van der Waals surface area contributed by atoms with Crippen LogP contribution in [0.3, 0.4) is 0 Å². The summed E-state index contributed by atoms with van der Waals surface area (Å²) in [7, 11) is -6.91. The van der Waals surface area contributed by atoms with E-state index in [1.165, 1.54) is 0 Å². The van der Waals surface area contributed by atoms with E-state index in [1.54, 1.807) is 23.3 Å². The molecule has 0 amide bonds. The van der Waals surface area contributed by atoms with Crippen molar-refractivity contribution in [3.05, 3.63) is 48.5 Å². The van der Waals surface area contributed by atoms with Crippen molar-refractivity contribution >= 4 is 19.9 Å². The van der Waals surface area contributed by atoms with Crippen LogP contribution in [0.25, 0.3) is 5.69 Å². The second-order valence-corrected chi connectivity index (χ2v) is 9.76. The van der Waals surface area contributed by atoms with Gasteiger partial charge in [-0.15, -0.1) is 0 Å². The van der Waals surface area contributed by atoms with Crippen LogP contribution in [-0.2, 0) is 26.4 Å². The van der Waals surface area contributed by atoms with Crippen molar-refractivity contribution in [2.45, 2.75) is 18.2 Å². The van der Waals surface area contributed by atoms with Crippen LogP contribution in [0, 0.1) is 0 Å². The van der Waals surface area contributed by atoms with Crippen LogP contribution in [-0.4, -0.2) is 43.1 Å². The number of imidazole rings is 1. The molecule has 1 aliphatic heterocycles. The molecule has 1 aromatic carbocycles. The van der Waals surface area contributed by atoms with Crippen LogP contribution in [0.15, 0.2) is 43.0 Å². The fourth-order valence-electron chi connectivity index (χ4n) is 2.62. The molecule has 2 heterocycles. The van der Waals surface area contributed by atoms with E-state index >= 15 is 0 Å². The van der Waals surface area contributed by atoms with Gasteiger partial charge in [-0.25, -0.2) is 26.5 Å². The van der Waals surface area contributed by atoms with Crippen molar-refractivity contribution in [3.8, 4) is 5.69 Å². The number of nitrogens with zero attached hydrogens (tertiary/aromatic N) is 2. The number of sulfone groups is 1. The summed E-state index contributed by atoms with van der Waals surface area (Å²) in [5.74, 6) is -0.365. The molecule has 0 radical (unpaired) electrons. The van der Waals surface area contributed by atoms with Gasteiger partial charge in [0.1, 0.15) is 0 Å². The highest BCUT2D eigenvalue weighted by Crippen LogP contribution is 2.19. The second-order valence-electron chi connectivity index (χ2n) is 5.49. The topological polar surface area (TPSA) is 98.1 Å². The molecule has 9 heteroatoms. The van der Waals surface area contributed by atoms with E-state index in [1.807, 2.05) is 24.3 Å². The molecule has 1 aliphatic rings. The maximum Gasteiger partial charge on any atom is 0.215 e. The third kappa shape index (κ3) is 3.62. The maximum absolute atomic E-state index is 12.3. The van der Waals surface area contributed by atoms with Crippen molar-refractivity contribution in [1.29, 1.82) is 0 Å². The largest absolute Gasteiger partial charge is 0.306 e. The van der Waals surface area contributed by atoms with E-state index in [2.05, 4.69) is 9.71 Å². The number of para-hydroxylation sites is 1. The van der Waals surface area contributed by atoms with Gasteiger partial charge in [-0.2, -0.15) is 0 Å². The summed E-state index contributed by atoms with van der Waals surface area (Å²) in [4.78, 5) is 3.99. The van der Waals surface area contributed by atoms with Gasteiger partial charge in [0.05, 0.1) is 28.8 Å². The van der Waals surface area contributed by atoms with Crippen LogP contribution in [0.4, 0.5) is 0 Å². The molecule has 1 saturated heterocycles. The Labute approximate surface area is 135 Å². The lowest BCUT2D eigenvalue weighted by Gasteiger charge is -2.14. The molecule has 0 aliphatic carbocycles. The zero-order valence-corrected chi connectivity index (χ0v) is 13.9. The molecule has 1 aromatic heterocycles. The zero-order chi connectivity index (χ0) is 16.5. The van der Waals surface area contributed by atoms with E-state index in [9.17, 15) is 16.8 Å². The van der Waals surface area contributed by atoms with E-state index in [4.69, 9.17) is 0 Å². The molecule has 7 nitrogen and oxygen atoms in total. The van der Waals surface area contributed by atoms with Gasteiger partial charge >= 0.3 is 0 Å². The van der Waals surface area contributed by atoms with E-state index in [0.717, 1.165) is 11.3 Å². The molecule has 1 atom stereocenters. The van der Waals surface area contributed by atoms with Gasteiger partial charge in [-0.05, 0) is 18.1 Å². The molecule has 23 heavy (non-hydrogen) atoms. The fourth-order valence-corrected chi connectivity index (χ4v) is 6.67. The molecular weight excluding hydrogens is 338 g/mol. The minimum Gasteiger partial charge on any atom is -0.306 e. The van der Waals surface area contributed by atoms with Crippen LogP contribution in [0.2, 0.25) is 0 Å². The van der Waals surface area contributed by atoms with Gasteiger partial charge in [0, 0.05) is 18.9 Å². The first-order valence-corrected chi connectivity index (χ1v) is 10.5. The van der Waals surface area contributed by atoms with Crippen LogP contribution >= 0.6 is 0 Å². The molecule has 0 bridgehead atoms. The van der Waals surface area contributed by atoms with Gasteiger partial charge in [0.25, 0.3) is 0 Å². The lowest BCUT2D eigenvalue weighted by Crippen LogP contribution is -2.34. The smallest absolute Gasteiger partial charge is 0.215 e. The van der Waals surface area contributed by atoms with E-state index in [-0.39, 0.29) is 24.5 Å². The van der Waals surface area contributed by atoms with Crippen molar-refractivity contribution < 1.29 is 16.8 Å². The van der Waals surface area contributed by atoms with Crippen molar-refractivity contribution in [2.24, 2.45) is 0 Å². The summed E-state index contributed by atoms with van der Waals surface area (Å²) in [6.07, 6.45) is 5.21. The highest BCUT2D eigenvalue weighted by molar-refractivity contribution is 7.95. The Morgan fingerprint density at radius 3 is 2.74 bits per heavy atom.